The van der Waals surface area contributed by atoms with Gasteiger partial charge in [-0.05, 0) is 19.1 Å². The summed E-state index contributed by atoms with van der Waals surface area (Å²) in [7, 11) is 0. The summed E-state index contributed by atoms with van der Waals surface area (Å²) in [6, 6.07) is 1.54. The van der Waals surface area contributed by atoms with Crippen LogP contribution in [0.15, 0.2) is 12.1 Å². The fourth-order valence-corrected chi connectivity index (χ4v) is 1.06. The summed E-state index contributed by atoms with van der Waals surface area (Å²) in [6.45, 7) is 1.14. The molecular formula is C9H8F3NO. The number of halogens is 3. The first kappa shape index (κ1) is 10.6. The quantitative estimate of drug-likeness (QED) is 0.592. The van der Waals surface area contributed by atoms with Gasteiger partial charge >= 0.3 is 0 Å². The molecule has 0 fully saturated rings. The van der Waals surface area contributed by atoms with E-state index in [-0.39, 0.29) is 11.3 Å². The molecule has 0 radical (unpaired) electrons. The highest BCUT2D eigenvalue weighted by molar-refractivity contribution is 5.99. The first-order valence-electron chi connectivity index (χ1n) is 3.81. The zero-order valence-corrected chi connectivity index (χ0v) is 7.35. The molecule has 5 heteroatoms. The number of nitrogen functional groups attached to an aromatic ring is 1. The summed E-state index contributed by atoms with van der Waals surface area (Å²) < 4.78 is 37.4. The number of carbonyl (C=O) groups excluding carboxylic acids is 1. The number of alkyl halides is 2. The van der Waals surface area contributed by atoms with Gasteiger partial charge in [0.2, 0.25) is 0 Å². The van der Waals surface area contributed by atoms with Crippen molar-refractivity contribution < 1.29 is 18.0 Å². The highest BCUT2D eigenvalue weighted by Gasteiger charge is 2.16. The van der Waals surface area contributed by atoms with Crippen molar-refractivity contribution in [3.63, 3.8) is 0 Å². The Morgan fingerprint density at radius 3 is 2.43 bits per heavy atom. The second kappa shape index (κ2) is 3.69. The van der Waals surface area contributed by atoms with Gasteiger partial charge in [0.1, 0.15) is 5.82 Å². The Morgan fingerprint density at radius 1 is 1.43 bits per heavy atom. The molecule has 0 bridgehead atoms. The first-order chi connectivity index (χ1) is 6.43. The third kappa shape index (κ3) is 1.86. The van der Waals surface area contributed by atoms with Crippen LogP contribution in [0.5, 0.6) is 0 Å². The molecule has 1 rings (SSSR count). The number of benzene rings is 1. The number of ketones is 1. The molecular weight excluding hydrogens is 195 g/mol. The summed E-state index contributed by atoms with van der Waals surface area (Å²) in [6.07, 6.45) is -2.82. The van der Waals surface area contributed by atoms with Crippen LogP contribution in [0.1, 0.15) is 29.3 Å². The van der Waals surface area contributed by atoms with Crippen LogP contribution in [0.25, 0.3) is 0 Å². The Hall–Kier alpha value is -1.52. The average Bonchev–Trinajstić information content (AvgIpc) is 2.08. The van der Waals surface area contributed by atoms with Crippen molar-refractivity contribution in [2.45, 2.75) is 13.3 Å². The molecule has 0 saturated heterocycles. The number of rotatable bonds is 2. The average molecular weight is 203 g/mol. The molecule has 14 heavy (non-hydrogen) atoms. The maximum Gasteiger partial charge on any atom is 0.263 e. The SMILES string of the molecule is CC(=O)c1cc(C(F)F)cc(F)c1N. The highest BCUT2D eigenvalue weighted by atomic mass is 19.3. The van der Waals surface area contributed by atoms with Crippen molar-refractivity contribution in [2.75, 3.05) is 5.73 Å². The van der Waals surface area contributed by atoms with E-state index in [1.54, 1.807) is 0 Å². The van der Waals surface area contributed by atoms with Crippen LogP contribution < -0.4 is 5.73 Å². The van der Waals surface area contributed by atoms with Crippen molar-refractivity contribution in [1.82, 2.24) is 0 Å². The van der Waals surface area contributed by atoms with Crippen molar-refractivity contribution in [3.05, 3.63) is 29.1 Å². The monoisotopic (exact) mass is 203 g/mol. The molecule has 2 N–H and O–H groups in total. The van der Waals surface area contributed by atoms with Crippen LogP contribution in [-0.4, -0.2) is 5.78 Å². The van der Waals surface area contributed by atoms with Crippen LogP contribution in [0.2, 0.25) is 0 Å². The molecule has 0 atom stereocenters. The van der Waals surface area contributed by atoms with Crippen molar-refractivity contribution in [3.8, 4) is 0 Å². The summed E-state index contributed by atoms with van der Waals surface area (Å²) in [5, 5.41) is 0. The maximum atomic E-state index is 12.9. The molecule has 0 aliphatic heterocycles. The van der Waals surface area contributed by atoms with E-state index in [2.05, 4.69) is 0 Å². The number of hydrogen-bond acceptors (Lipinski definition) is 2. The Morgan fingerprint density at radius 2 is 2.00 bits per heavy atom. The van der Waals surface area contributed by atoms with Gasteiger partial charge in [-0.15, -0.1) is 0 Å². The third-order valence-corrected chi connectivity index (χ3v) is 1.78. The van der Waals surface area contributed by atoms with Gasteiger partial charge in [0.15, 0.2) is 5.78 Å². The number of carbonyl (C=O) groups is 1. The lowest BCUT2D eigenvalue weighted by Gasteiger charge is -2.06. The zero-order valence-electron chi connectivity index (χ0n) is 7.35. The smallest absolute Gasteiger partial charge is 0.263 e. The van der Waals surface area contributed by atoms with Gasteiger partial charge in [0.05, 0.1) is 5.69 Å². The van der Waals surface area contributed by atoms with Gasteiger partial charge in [-0.3, -0.25) is 4.79 Å². The largest absolute Gasteiger partial charge is 0.396 e. The molecule has 2 nitrogen and oxygen atoms in total. The second-order valence-corrected chi connectivity index (χ2v) is 2.82. The van der Waals surface area contributed by atoms with Gasteiger partial charge in [-0.2, -0.15) is 0 Å². The second-order valence-electron chi connectivity index (χ2n) is 2.82. The van der Waals surface area contributed by atoms with Gasteiger partial charge in [-0.1, -0.05) is 0 Å². The third-order valence-electron chi connectivity index (χ3n) is 1.78. The number of nitrogens with two attached hydrogens (primary N) is 1. The molecule has 1 aromatic carbocycles. The summed E-state index contributed by atoms with van der Waals surface area (Å²) in [5.41, 5.74) is 4.08. The molecule has 0 aliphatic carbocycles. The molecule has 1 aromatic rings. The summed E-state index contributed by atoms with van der Waals surface area (Å²) in [5.74, 6) is -1.53. The normalized spacial score (nSPS) is 10.6. The van der Waals surface area contributed by atoms with E-state index >= 15 is 0 Å². The van der Waals surface area contributed by atoms with Gasteiger partial charge in [0.25, 0.3) is 6.43 Å². The molecule has 0 heterocycles. The van der Waals surface area contributed by atoms with E-state index in [4.69, 9.17) is 5.73 Å². The van der Waals surface area contributed by atoms with Crippen molar-refractivity contribution >= 4 is 11.5 Å². The van der Waals surface area contributed by atoms with Crippen molar-refractivity contribution in [2.24, 2.45) is 0 Å². The van der Waals surface area contributed by atoms with Crippen LogP contribution in [0, 0.1) is 5.82 Å². The minimum Gasteiger partial charge on any atom is -0.396 e. The van der Waals surface area contributed by atoms with Gasteiger partial charge in [-0.25, -0.2) is 13.2 Å². The standard InChI is InChI=1S/C9H8F3NO/c1-4(14)6-2-5(9(11)12)3-7(10)8(6)13/h2-3,9H,13H2,1H3. The highest BCUT2D eigenvalue weighted by Crippen LogP contribution is 2.25. The van der Waals surface area contributed by atoms with Crippen molar-refractivity contribution in [1.29, 1.82) is 0 Å². The number of anilines is 1. The summed E-state index contributed by atoms with van der Waals surface area (Å²) in [4.78, 5) is 10.9. The summed E-state index contributed by atoms with van der Waals surface area (Å²) >= 11 is 0. The van der Waals surface area contributed by atoms with E-state index in [1.165, 1.54) is 0 Å². The molecule has 0 aromatic heterocycles. The lowest BCUT2D eigenvalue weighted by molar-refractivity contribution is 0.101. The Labute approximate surface area is 78.5 Å². The first-order valence-corrected chi connectivity index (χ1v) is 3.81. The number of hydrogen-bond donors (Lipinski definition) is 1. The molecule has 0 amide bonds. The molecule has 0 spiro atoms. The minimum atomic E-state index is -2.82. The van der Waals surface area contributed by atoms with Crippen LogP contribution in [-0.2, 0) is 0 Å². The number of Topliss-reactive ketones (excluding diaryl/α,β-unsaturated/α-hetero) is 1. The molecule has 0 saturated carbocycles. The van der Waals surface area contributed by atoms with Crippen LogP contribution >= 0.6 is 0 Å². The maximum absolute atomic E-state index is 12.9. The van der Waals surface area contributed by atoms with E-state index in [0.29, 0.717) is 6.07 Å². The van der Waals surface area contributed by atoms with Crippen LogP contribution in [0.3, 0.4) is 0 Å². The molecule has 76 valence electrons. The lowest BCUT2D eigenvalue weighted by Crippen LogP contribution is -2.04. The van der Waals surface area contributed by atoms with E-state index in [0.717, 1.165) is 13.0 Å². The molecule has 0 unspecified atom stereocenters. The van der Waals surface area contributed by atoms with Crippen LogP contribution in [0.4, 0.5) is 18.9 Å². The fourth-order valence-electron chi connectivity index (χ4n) is 1.06. The van der Waals surface area contributed by atoms with E-state index < -0.39 is 23.6 Å². The molecule has 0 aliphatic rings. The van der Waals surface area contributed by atoms with E-state index in [1.807, 2.05) is 0 Å². The Bertz CT molecular complexity index is 377. The predicted octanol–water partition coefficient (Wildman–Crippen LogP) is 2.55. The Kier molecular flexibility index (Phi) is 2.78. The minimum absolute atomic E-state index is 0.208. The topological polar surface area (TPSA) is 43.1 Å². The fraction of sp³-hybridized carbons (Fsp3) is 0.222. The van der Waals surface area contributed by atoms with Gasteiger partial charge < -0.3 is 5.73 Å². The van der Waals surface area contributed by atoms with E-state index in [9.17, 15) is 18.0 Å². The van der Waals surface area contributed by atoms with Gasteiger partial charge in [0, 0.05) is 11.1 Å². The zero-order chi connectivity index (χ0) is 10.9. The predicted molar refractivity (Wildman–Crippen MR) is 45.8 cm³/mol. The lowest BCUT2D eigenvalue weighted by atomic mass is 10.1. The Balaban J connectivity index is 3.35.